The molecule has 0 aromatic heterocycles. The molecule has 28 heavy (non-hydrogen) atoms. The first-order chi connectivity index (χ1) is 13.0. The van der Waals surface area contributed by atoms with Crippen LogP contribution in [0.4, 0.5) is 13.2 Å². The van der Waals surface area contributed by atoms with Gasteiger partial charge in [-0.3, -0.25) is 9.59 Å². The van der Waals surface area contributed by atoms with Crippen LogP contribution in [0.25, 0.3) is 0 Å². The van der Waals surface area contributed by atoms with E-state index in [9.17, 15) is 22.8 Å². The fourth-order valence-electron chi connectivity index (χ4n) is 3.20. The minimum atomic E-state index is -4.67. The lowest BCUT2D eigenvalue weighted by atomic mass is 9.85. The van der Waals surface area contributed by atoms with Gasteiger partial charge in [0.05, 0.1) is 12.2 Å². The second kappa shape index (κ2) is 8.57. The van der Waals surface area contributed by atoms with Gasteiger partial charge in [0.1, 0.15) is 6.04 Å². The third kappa shape index (κ3) is 4.98. The van der Waals surface area contributed by atoms with Crippen molar-refractivity contribution < 1.29 is 27.9 Å². The highest BCUT2D eigenvalue weighted by molar-refractivity contribution is 6.02. The molecule has 1 saturated heterocycles. The van der Waals surface area contributed by atoms with Gasteiger partial charge < -0.3 is 27.2 Å². The number of hydrogen-bond donors (Lipinski definition) is 4. The molecule has 0 bridgehead atoms. The van der Waals surface area contributed by atoms with Crippen LogP contribution in [0.1, 0.15) is 40.2 Å². The average molecular weight is 401 g/mol. The standard InChI is InChI=1S/C17H22F3N5O3/c18-17(19,20)12-7-10(14(27)24-16(22)23)1-2-11(12)9-3-5-25(6-4-9)15(28)13(21)8-26/h1-2,7,9,13,26H,3-6,8,21H2,(H4,22,23,24,27). The lowest BCUT2D eigenvalue weighted by Gasteiger charge is -2.34. The monoisotopic (exact) mass is 401 g/mol. The zero-order valence-corrected chi connectivity index (χ0v) is 14.9. The van der Waals surface area contributed by atoms with E-state index in [1.54, 1.807) is 0 Å². The summed E-state index contributed by atoms with van der Waals surface area (Å²) in [6.45, 7) is -0.0470. The maximum atomic E-state index is 13.6. The molecule has 7 N–H and O–H groups in total. The van der Waals surface area contributed by atoms with Crippen LogP contribution in [-0.2, 0) is 11.0 Å². The molecule has 2 amide bonds. The third-order valence-corrected chi connectivity index (χ3v) is 4.60. The number of aliphatic hydroxyl groups excluding tert-OH is 1. The Morgan fingerprint density at radius 3 is 2.36 bits per heavy atom. The molecule has 1 heterocycles. The van der Waals surface area contributed by atoms with Crippen molar-refractivity contribution in [1.29, 1.82) is 0 Å². The zero-order chi connectivity index (χ0) is 21.1. The number of nitrogens with zero attached hydrogens (tertiary/aromatic N) is 2. The van der Waals surface area contributed by atoms with E-state index in [1.807, 2.05) is 0 Å². The fourth-order valence-corrected chi connectivity index (χ4v) is 3.20. The van der Waals surface area contributed by atoms with E-state index in [1.165, 1.54) is 17.0 Å². The molecule has 2 rings (SSSR count). The van der Waals surface area contributed by atoms with Crippen LogP contribution in [0.2, 0.25) is 0 Å². The third-order valence-electron chi connectivity index (χ3n) is 4.60. The number of guanidine groups is 1. The number of alkyl halides is 3. The van der Waals surface area contributed by atoms with Gasteiger partial charge in [-0.15, -0.1) is 0 Å². The van der Waals surface area contributed by atoms with Gasteiger partial charge in [0.2, 0.25) is 5.91 Å². The number of nitrogens with two attached hydrogens (primary N) is 3. The number of likely N-dealkylation sites (tertiary alicyclic amines) is 1. The fraction of sp³-hybridized carbons (Fsp3) is 0.471. The van der Waals surface area contributed by atoms with Gasteiger partial charge in [-0.25, -0.2) is 0 Å². The number of hydrogen-bond acceptors (Lipinski definition) is 4. The number of piperidine rings is 1. The Labute approximate surface area is 159 Å². The van der Waals surface area contributed by atoms with Crippen molar-refractivity contribution in [1.82, 2.24) is 4.90 Å². The van der Waals surface area contributed by atoms with Crippen LogP contribution in [0.3, 0.4) is 0 Å². The Hall–Kier alpha value is -2.66. The van der Waals surface area contributed by atoms with Crippen LogP contribution >= 0.6 is 0 Å². The van der Waals surface area contributed by atoms with Gasteiger partial charge in [0, 0.05) is 18.7 Å². The first kappa shape index (κ1) is 21.6. The number of carbonyl (C=O) groups is 2. The second-order valence-electron chi connectivity index (χ2n) is 6.53. The number of amides is 2. The predicted molar refractivity (Wildman–Crippen MR) is 95.2 cm³/mol. The lowest BCUT2D eigenvalue weighted by molar-refractivity contribution is -0.139. The maximum absolute atomic E-state index is 13.6. The van der Waals surface area contributed by atoms with Crippen molar-refractivity contribution in [3.8, 4) is 0 Å². The Morgan fingerprint density at radius 1 is 1.25 bits per heavy atom. The van der Waals surface area contributed by atoms with Crippen molar-refractivity contribution in [3.05, 3.63) is 34.9 Å². The lowest BCUT2D eigenvalue weighted by Crippen LogP contribution is -2.48. The van der Waals surface area contributed by atoms with Crippen LogP contribution in [0.5, 0.6) is 0 Å². The molecule has 0 saturated carbocycles. The van der Waals surface area contributed by atoms with Gasteiger partial charge in [0.25, 0.3) is 5.91 Å². The van der Waals surface area contributed by atoms with Gasteiger partial charge in [-0.2, -0.15) is 18.2 Å². The molecule has 1 fully saturated rings. The molecule has 1 aromatic carbocycles. The molecular weight excluding hydrogens is 379 g/mol. The van der Waals surface area contributed by atoms with E-state index in [0.29, 0.717) is 12.8 Å². The largest absolute Gasteiger partial charge is 0.416 e. The molecule has 8 nitrogen and oxygen atoms in total. The summed E-state index contributed by atoms with van der Waals surface area (Å²) in [7, 11) is 0. The number of aliphatic hydroxyl groups is 1. The molecule has 0 radical (unpaired) electrons. The first-order valence-corrected chi connectivity index (χ1v) is 8.55. The van der Waals surface area contributed by atoms with Crippen molar-refractivity contribution >= 4 is 17.8 Å². The Bertz CT molecular complexity index is 770. The van der Waals surface area contributed by atoms with Gasteiger partial charge in [-0.05, 0) is 36.5 Å². The average Bonchev–Trinajstić information content (AvgIpc) is 2.65. The van der Waals surface area contributed by atoms with Crippen LogP contribution < -0.4 is 17.2 Å². The highest BCUT2D eigenvalue weighted by atomic mass is 19.4. The number of rotatable bonds is 4. The van der Waals surface area contributed by atoms with Gasteiger partial charge >= 0.3 is 6.18 Å². The number of carbonyl (C=O) groups excluding carboxylic acids is 2. The predicted octanol–water partition coefficient (Wildman–Crippen LogP) is 0.145. The van der Waals surface area contributed by atoms with Crippen LogP contribution in [0.15, 0.2) is 23.2 Å². The van der Waals surface area contributed by atoms with Crippen molar-refractivity contribution in [2.45, 2.75) is 31.0 Å². The first-order valence-electron chi connectivity index (χ1n) is 8.55. The highest BCUT2D eigenvalue weighted by Crippen LogP contribution is 2.39. The molecule has 1 aliphatic rings. The molecule has 0 spiro atoms. The molecule has 0 aliphatic carbocycles. The Kier molecular flexibility index (Phi) is 6.62. The molecule has 154 valence electrons. The summed E-state index contributed by atoms with van der Waals surface area (Å²) < 4.78 is 40.7. The van der Waals surface area contributed by atoms with Crippen molar-refractivity contribution in [2.75, 3.05) is 19.7 Å². The summed E-state index contributed by atoms with van der Waals surface area (Å²) in [5.74, 6) is -2.38. The molecule has 1 aliphatic heterocycles. The number of halogens is 3. The summed E-state index contributed by atoms with van der Waals surface area (Å²) in [6.07, 6.45) is -4.07. The number of aliphatic imine (C=N–C) groups is 1. The van der Waals surface area contributed by atoms with E-state index >= 15 is 0 Å². The van der Waals surface area contributed by atoms with Crippen molar-refractivity contribution in [3.63, 3.8) is 0 Å². The second-order valence-corrected chi connectivity index (χ2v) is 6.53. The minimum absolute atomic E-state index is 0.0484. The summed E-state index contributed by atoms with van der Waals surface area (Å²) >= 11 is 0. The van der Waals surface area contributed by atoms with Crippen LogP contribution in [0, 0.1) is 0 Å². The maximum Gasteiger partial charge on any atom is 0.416 e. The molecule has 1 aromatic rings. The van der Waals surface area contributed by atoms with E-state index in [4.69, 9.17) is 22.3 Å². The SMILES string of the molecule is NC(N)=NC(=O)c1ccc(C2CCN(C(=O)C(N)CO)CC2)c(C(F)(F)F)c1. The molecular formula is C17H22F3N5O3. The Balaban J connectivity index is 2.25. The Morgan fingerprint density at radius 2 is 1.86 bits per heavy atom. The van der Waals surface area contributed by atoms with E-state index < -0.39 is 48.1 Å². The van der Waals surface area contributed by atoms with Gasteiger partial charge in [0.15, 0.2) is 5.96 Å². The minimum Gasteiger partial charge on any atom is -0.394 e. The zero-order valence-electron chi connectivity index (χ0n) is 14.9. The molecule has 1 atom stereocenters. The molecule has 11 heteroatoms. The normalized spacial score (nSPS) is 16.5. The summed E-state index contributed by atoms with van der Waals surface area (Å²) in [5, 5.41) is 8.97. The highest BCUT2D eigenvalue weighted by Gasteiger charge is 2.37. The topological polar surface area (TPSA) is 148 Å². The number of benzene rings is 1. The summed E-state index contributed by atoms with van der Waals surface area (Å²) in [6, 6.07) is 2.20. The van der Waals surface area contributed by atoms with Crippen molar-refractivity contribution in [2.24, 2.45) is 22.2 Å². The summed E-state index contributed by atoms with van der Waals surface area (Å²) in [4.78, 5) is 28.5. The summed E-state index contributed by atoms with van der Waals surface area (Å²) in [5.41, 5.74) is 14.5. The van der Waals surface area contributed by atoms with Crippen LogP contribution in [-0.4, -0.2) is 53.5 Å². The quantitative estimate of drug-likeness (QED) is 0.417. The molecule has 1 unspecified atom stereocenters. The van der Waals surface area contributed by atoms with E-state index in [2.05, 4.69) is 4.99 Å². The smallest absolute Gasteiger partial charge is 0.394 e. The van der Waals surface area contributed by atoms with E-state index in [-0.39, 0.29) is 24.2 Å². The van der Waals surface area contributed by atoms with E-state index in [0.717, 1.165) is 6.07 Å². The van der Waals surface area contributed by atoms with Gasteiger partial charge in [-0.1, -0.05) is 6.07 Å².